The first-order chi connectivity index (χ1) is 11.2. The number of amides is 2. The highest BCUT2D eigenvalue weighted by Crippen LogP contribution is 2.38. The van der Waals surface area contributed by atoms with Gasteiger partial charge in [0.2, 0.25) is 5.82 Å². The Morgan fingerprint density at radius 1 is 1.20 bits per heavy atom. The minimum absolute atomic E-state index is 0.0139. The van der Waals surface area contributed by atoms with Crippen molar-refractivity contribution >= 4 is 23.6 Å². The predicted molar refractivity (Wildman–Crippen MR) is 88.5 cm³/mol. The molecular formula is C16H21FN2O6. The number of hydrogen-bond acceptors (Lipinski definition) is 5. The van der Waals surface area contributed by atoms with E-state index in [1.807, 2.05) is 0 Å². The molecule has 0 fully saturated rings. The maximum absolute atomic E-state index is 14.8. The quantitative estimate of drug-likeness (QED) is 0.619. The summed E-state index contributed by atoms with van der Waals surface area (Å²) in [6, 6.07) is 2.25. The molecule has 0 atom stereocenters. The summed E-state index contributed by atoms with van der Waals surface area (Å²) in [4.78, 5) is 33.9. The number of carboxylic acid groups (broad SMARTS) is 1. The van der Waals surface area contributed by atoms with Crippen molar-refractivity contribution in [3.8, 4) is 0 Å². The molecule has 1 aromatic carbocycles. The number of anilines is 1. The van der Waals surface area contributed by atoms with Gasteiger partial charge in [-0.3, -0.25) is 10.1 Å². The van der Waals surface area contributed by atoms with E-state index in [1.54, 1.807) is 20.8 Å². The Hall–Kier alpha value is -2.71. The van der Waals surface area contributed by atoms with Gasteiger partial charge < -0.3 is 9.84 Å². The molecule has 1 aromatic rings. The summed E-state index contributed by atoms with van der Waals surface area (Å²) in [7, 11) is 0. The highest BCUT2D eigenvalue weighted by molar-refractivity contribution is 6.09. The lowest BCUT2D eigenvalue weighted by atomic mass is 9.85. The Balaban J connectivity index is 3.59. The maximum Gasteiger partial charge on any atom is 0.424 e. The molecule has 138 valence electrons. The third kappa shape index (κ3) is 4.65. The van der Waals surface area contributed by atoms with Crippen LogP contribution in [0, 0.1) is 15.9 Å². The van der Waals surface area contributed by atoms with Crippen LogP contribution in [-0.4, -0.2) is 27.8 Å². The number of ether oxygens (including phenoxy) is 1. The number of nitro benzene ring substituents is 1. The number of rotatable bonds is 2. The first-order valence-corrected chi connectivity index (χ1v) is 7.40. The highest BCUT2D eigenvalue weighted by atomic mass is 19.1. The average molecular weight is 356 g/mol. The molecule has 0 aliphatic rings. The molecule has 0 aromatic heterocycles. The molecule has 0 spiro atoms. The van der Waals surface area contributed by atoms with Gasteiger partial charge in [-0.05, 0) is 38.3 Å². The van der Waals surface area contributed by atoms with Crippen LogP contribution in [0.2, 0.25) is 0 Å². The van der Waals surface area contributed by atoms with Crippen LogP contribution in [0.15, 0.2) is 12.1 Å². The van der Waals surface area contributed by atoms with Crippen molar-refractivity contribution in [2.45, 2.75) is 52.6 Å². The van der Waals surface area contributed by atoms with E-state index in [4.69, 9.17) is 4.74 Å². The largest absolute Gasteiger partial charge is 0.464 e. The average Bonchev–Trinajstić information content (AvgIpc) is 2.36. The maximum atomic E-state index is 14.8. The van der Waals surface area contributed by atoms with Crippen molar-refractivity contribution in [2.75, 3.05) is 4.90 Å². The van der Waals surface area contributed by atoms with Gasteiger partial charge in [0.25, 0.3) is 0 Å². The number of halogens is 1. The lowest BCUT2D eigenvalue weighted by Crippen LogP contribution is -2.40. The molecule has 0 bridgehead atoms. The van der Waals surface area contributed by atoms with E-state index < -0.39 is 45.3 Å². The van der Waals surface area contributed by atoms with Crippen LogP contribution in [0.3, 0.4) is 0 Å². The van der Waals surface area contributed by atoms with Crippen LogP contribution < -0.4 is 4.90 Å². The number of nitro groups is 1. The standard InChI is InChI=1S/C16H21FN2O6/c1-15(2,3)9-7-8-10(11(17)12(9)19(23)24)18(13(20)21)14(22)25-16(4,5)6/h7-8H,1-6H3,(H,20,21). The van der Waals surface area contributed by atoms with Crippen molar-refractivity contribution < 1.29 is 28.7 Å². The minimum Gasteiger partial charge on any atom is -0.464 e. The van der Waals surface area contributed by atoms with Gasteiger partial charge in [-0.25, -0.2) is 9.59 Å². The van der Waals surface area contributed by atoms with Crippen LogP contribution in [0.25, 0.3) is 0 Å². The smallest absolute Gasteiger partial charge is 0.424 e. The van der Waals surface area contributed by atoms with Gasteiger partial charge in [-0.1, -0.05) is 20.8 Å². The van der Waals surface area contributed by atoms with Gasteiger partial charge in [0.15, 0.2) is 0 Å². The molecular weight excluding hydrogens is 335 g/mol. The second-order valence-electron chi connectivity index (χ2n) is 7.40. The molecule has 0 radical (unpaired) electrons. The Morgan fingerprint density at radius 2 is 1.72 bits per heavy atom. The zero-order valence-electron chi connectivity index (χ0n) is 14.9. The van der Waals surface area contributed by atoms with Crippen LogP contribution in [0.1, 0.15) is 47.1 Å². The Labute approximate surface area is 144 Å². The molecule has 25 heavy (non-hydrogen) atoms. The van der Waals surface area contributed by atoms with Gasteiger partial charge >= 0.3 is 17.9 Å². The minimum atomic E-state index is -1.81. The second kappa shape index (κ2) is 6.66. The number of carbonyl (C=O) groups is 2. The first kappa shape index (κ1) is 20.3. The van der Waals surface area contributed by atoms with Gasteiger partial charge in [-0.2, -0.15) is 9.29 Å². The van der Waals surface area contributed by atoms with E-state index in [9.17, 15) is 29.2 Å². The van der Waals surface area contributed by atoms with E-state index in [0.29, 0.717) is 0 Å². The molecule has 8 nitrogen and oxygen atoms in total. The Bertz CT molecular complexity index is 719. The number of benzene rings is 1. The topological polar surface area (TPSA) is 110 Å². The molecule has 1 N–H and O–H groups in total. The summed E-state index contributed by atoms with van der Waals surface area (Å²) >= 11 is 0. The van der Waals surface area contributed by atoms with Crippen molar-refractivity contribution in [1.82, 2.24) is 0 Å². The molecule has 0 unspecified atom stereocenters. The van der Waals surface area contributed by atoms with Gasteiger partial charge in [0, 0.05) is 5.56 Å². The van der Waals surface area contributed by atoms with Crippen LogP contribution in [0.5, 0.6) is 0 Å². The summed E-state index contributed by atoms with van der Waals surface area (Å²) in [5.41, 5.74) is -3.35. The number of nitrogens with zero attached hydrogens (tertiary/aromatic N) is 2. The molecule has 9 heteroatoms. The summed E-state index contributed by atoms with van der Waals surface area (Å²) < 4.78 is 19.7. The summed E-state index contributed by atoms with van der Waals surface area (Å²) in [5, 5.41) is 20.6. The molecule has 1 rings (SSSR count). The van der Waals surface area contributed by atoms with Crippen molar-refractivity contribution in [1.29, 1.82) is 0 Å². The zero-order chi connectivity index (χ0) is 19.7. The lowest BCUT2D eigenvalue weighted by molar-refractivity contribution is -0.388. The zero-order valence-corrected chi connectivity index (χ0v) is 14.9. The highest BCUT2D eigenvalue weighted by Gasteiger charge is 2.36. The van der Waals surface area contributed by atoms with Crippen LogP contribution in [0.4, 0.5) is 25.4 Å². The van der Waals surface area contributed by atoms with Crippen molar-refractivity contribution in [2.24, 2.45) is 0 Å². The lowest BCUT2D eigenvalue weighted by Gasteiger charge is -2.25. The van der Waals surface area contributed by atoms with E-state index in [1.165, 1.54) is 26.8 Å². The Kier molecular flexibility index (Phi) is 5.41. The van der Waals surface area contributed by atoms with Gasteiger partial charge in [0.05, 0.1) is 4.92 Å². The van der Waals surface area contributed by atoms with Gasteiger partial charge in [-0.15, -0.1) is 0 Å². The molecule has 0 saturated heterocycles. The van der Waals surface area contributed by atoms with Crippen LogP contribution in [-0.2, 0) is 10.2 Å². The molecule has 0 aliphatic heterocycles. The third-order valence-corrected chi connectivity index (χ3v) is 3.09. The van der Waals surface area contributed by atoms with E-state index in [0.717, 1.165) is 6.07 Å². The van der Waals surface area contributed by atoms with Crippen LogP contribution >= 0.6 is 0 Å². The monoisotopic (exact) mass is 356 g/mol. The Morgan fingerprint density at radius 3 is 2.08 bits per heavy atom. The van der Waals surface area contributed by atoms with E-state index in [2.05, 4.69) is 0 Å². The van der Waals surface area contributed by atoms with Gasteiger partial charge in [0.1, 0.15) is 11.3 Å². The number of imide groups is 1. The molecule has 0 saturated carbocycles. The first-order valence-electron chi connectivity index (χ1n) is 7.40. The van der Waals surface area contributed by atoms with Crippen molar-refractivity contribution in [3.63, 3.8) is 0 Å². The molecule has 0 heterocycles. The normalized spacial score (nSPS) is 11.8. The number of carbonyl (C=O) groups excluding carboxylic acids is 1. The summed E-state index contributed by atoms with van der Waals surface area (Å²) in [5.74, 6) is -1.41. The van der Waals surface area contributed by atoms with E-state index >= 15 is 0 Å². The molecule has 2 amide bonds. The summed E-state index contributed by atoms with van der Waals surface area (Å²) in [6.07, 6.45) is -3.16. The van der Waals surface area contributed by atoms with Crippen molar-refractivity contribution in [3.05, 3.63) is 33.6 Å². The fourth-order valence-corrected chi connectivity index (χ4v) is 2.10. The molecule has 0 aliphatic carbocycles. The SMILES string of the molecule is CC(C)(C)OC(=O)N(C(=O)O)c1ccc(C(C)(C)C)c([N+](=O)[O-])c1F. The predicted octanol–water partition coefficient (Wildman–Crippen LogP) is 4.45. The summed E-state index contributed by atoms with van der Waals surface area (Å²) in [6.45, 7) is 9.47. The fourth-order valence-electron chi connectivity index (χ4n) is 2.10. The second-order valence-corrected chi connectivity index (χ2v) is 7.40. The van der Waals surface area contributed by atoms with E-state index in [-0.39, 0.29) is 10.5 Å². The number of hydrogen-bond donors (Lipinski definition) is 1. The third-order valence-electron chi connectivity index (χ3n) is 3.09. The fraction of sp³-hybridized carbons (Fsp3) is 0.500.